The first-order chi connectivity index (χ1) is 9.63. The van der Waals surface area contributed by atoms with Gasteiger partial charge in [-0.15, -0.1) is 0 Å². The van der Waals surface area contributed by atoms with Gasteiger partial charge in [-0.1, -0.05) is 0 Å². The molecule has 0 N–H and O–H groups in total. The first-order valence-electron chi connectivity index (χ1n) is 6.79. The summed E-state index contributed by atoms with van der Waals surface area (Å²) in [6, 6.07) is 0. The molecular weight excluding hydrogens is 258 g/mol. The van der Waals surface area contributed by atoms with Gasteiger partial charge in [0.2, 0.25) is 0 Å². The quantitative estimate of drug-likeness (QED) is 0.785. The molecule has 2 aromatic rings. The summed E-state index contributed by atoms with van der Waals surface area (Å²) in [4.78, 5) is 16.3. The second-order valence-corrected chi connectivity index (χ2v) is 4.25. The van der Waals surface area contributed by atoms with E-state index in [1.54, 1.807) is 11.6 Å². The van der Waals surface area contributed by atoms with Gasteiger partial charge in [0.1, 0.15) is 11.3 Å². The molecule has 2 heterocycles. The van der Waals surface area contributed by atoms with Gasteiger partial charge in [-0.2, -0.15) is 5.10 Å². The Bertz CT molecular complexity index is 634. The van der Waals surface area contributed by atoms with Gasteiger partial charge in [0.05, 0.1) is 24.3 Å². The van der Waals surface area contributed by atoms with E-state index in [0.717, 1.165) is 16.7 Å². The maximum atomic E-state index is 12.0. The minimum atomic E-state index is -0.422. The third-order valence-corrected chi connectivity index (χ3v) is 2.97. The first kappa shape index (κ1) is 14.3. The fraction of sp³-hybridized carbons (Fsp3) is 0.500. The van der Waals surface area contributed by atoms with E-state index >= 15 is 0 Å². The Morgan fingerprint density at radius 1 is 1.30 bits per heavy atom. The molecule has 0 saturated heterocycles. The molecule has 6 nitrogen and oxygen atoms in total. The number of fused-ring (bicyclic) bond motifs is 1. The number of nitrogens with zero attached hydrogens (tertiary/aromatic N) is 3. The summed E-state index contributed by atoms with van der Waals surface area (Å²) in [6.07, 6.45) is 1.50. The maximum Gasteiger partial charge on any atom is 0.343 e. The minimum absolute atomic E-state index is 0.315. The van der Waals surface area contributed by atoms with Crippen molar-refractivity contribution < 1.29 is 14.3 Å². The van der Waals surface area contributed by atoms with Crippen molar-refractivity contribution in [2.75, 3.05) is 13.2 Å². The van der Waals surface area contributed by atoms with Crippen molar-refractivity contribution in [3.05, 3.63) is 17.5 Å². The summed E-state index contributed by atoms with van der Waals surface area (Å²) < 4.78 is 12.5. The highest BCUT2D eigenvalue weighted by Crippen LogP contribution is 2.31. The molecule has 6 heteroatoms. The molecule has 2 rings (SSSR count). The lowest BCUT2D eigenvalue weighted by Gasteiger charge is -2.10. The van der Waals surface area contributed by atoms with Gasteiger partial charge in [-0.05, 0) is 27.7 Å². The third-order valence-electron chi connectivity index (χ3n) is 2.97. The molecular formula is C14H19N3O3. The first-order valence-corrected chi connectivity index (χ1v) is 6.79. The molecule has 0 aliphatic carbocycles. The molecule has 0 aliphatic rings. The van der Waals surface area contributed by atoms with Crippen LogP contribution >= 0.6 is 0 Å². The Kier molecular flexibility index (Phi) is 4.22. The van der Waals surface area contributed by atoms with Gasteiger partial charge < -0.3 is 9.47 Å². The molecule has 0 spiro atoms. The van der Waals surface area contributed by atoms with Crippen LogP contribution < -0.4 is 4.74 Å². The summed E-state index contributed by atoms with van der Waals surface area (Å²) in [7, 11) is 0. The fourth-order valence-corrected chi connectivity index (χ4v) is 2.15. The van der Waals surface area contributed by atoms with Gasteiger partial charge in [-0.25, -0.2) is 14.5 Å². The molecule has 0 amide bonds. The summed E-state index contributed by atoms with van der Waals surface area (Å²) in [6.45, 7) is 9.01. The normalized spacial score (nSPS) is 10.8. The van der Waals surface area contributed by atoms with E-state index in [1.807, 2.05) is 20.8 Å². The van der Waals surface area contributed by atoms with Gasteiger partial charge in [0, 0.05) is 12.7 Å². The lowest BCUT2D eigenvalue weighted by Crippen LogP contribution is -2.09. The fourth-order valence-electron chi connectivity index (χ4n) is 2.15. The summed E-state index contributed by atoms with van der Waals surface area (Å²) >= 11 is 0. The Morgan fingerprint density at radius 3 is 2.65 bits per heavy atom. The highest BCUT2D eigenvalue weighted by Gasteiger charge is 2.22. The second-order valence-electron chi connectivity index (χ2n) is 4.25. The van der Waals surface area contributed by atoms with Crippen molar-refractivity contribution in [2.24, 2.45) is 0 Å². The van der Waals surface area contributed by atoms with Crippen molar-refractivity contribution in [1.29, 1.82) is 0 Å². The number of hydrogen-bond acceptors (Lipinski definition) is 5. The number of carbonyl (C=O) groups excluding carboxylic acids is 1. The van der Waals surface area contributed by atoms with E-state index in [4.69, 9.17) is 9.47 Å². The van der Waals surface area contributed by atoms with Gasteiger partial charge >= 0.3 is 5.97 Å². The number of pyridine rings is 1. The van der Waals surface area contributed by atoms with Gasteiger partial charge in [0.15, 0.2) is 5.65 Å². The molecule has 2 aromatic heterocycles. The minimum Gasteiger partial charge on any atom is -0.492 e. The highest BCUT2D eigenvalue weighted by atomic mass is 16.5. The molecule has 0 saturated carbocycles. The van der Waals surface area contributed by atoms with Crippen molar-refractivity contribution >= 4 is 17.0 Å². The van der Waals surface area contributed by atoms with Crippen molar-refractivity contribution in [3.63, 3.8) is 0 Å². The average molecular weight is 277 g/mol. The van der Waals surface area contributed by atoms with E-state index in [-0.39, 0.29) is 0 Å². The van der Waals surface area contributed by atoms with Gasteiger partial charge in [-0.3, -0.25) is 0 Å². The molecule has 0 bridgehead atoms. The van der Waals surface area contributed by atoms with Crippen molar-refractivity contribution in [1.82, 2.24) is 14.8 Å². The van der Waals surface area contributed by atoms with Crippen molar-refractivity contribution in [2.45, 2.75) is 34.2 Å². The van der Waals surface area contributed by atoms with Crippen molar-refractivity contribution in [3.8, 4) is 5.75 Å². The zero-order chi connectivity index (χ0) is 14.7. The Hall–Kier alpha value is -2.11. The van der Waals surface area contributed by atoms with Crippen LogP contribution in [-0.2, 0) is 11.3 Å². The lowest BCUT2D eigenvalue weighted by molar-refractivity contribution is 0.0522. The Morgan fingerprint density at radius 2 is 2.05 bits per heavy atom. The van der Waals surface area contributed by atoms with Crippen LogP contribution in [0.1, 0.15) is 36.8 Å². The van der Waals surface area contributed by atoms with Crippen LogP contribution in [0.4, 0.5) is 0 Å². The Balaban J connectivity index is 2.68. The van der Waals surface area contributed by atoms with E-state index in [0.29, 0.717) is 31.1 Å². The number of carbonyl (C=O) groups is 1. The molecule has 0 atom stereocenters. The van der Waals surface area contributed by atoms with Gasteiger partial charge in [0.25, 0.3) is 0 Å². The molecule has 0 unspecified atom stereocenters. The number of ether oxygens (including phenoxy) is 2. The third kappa shape index (κ3) is 2.33. The summed E-state index contributed by atoms with van der Waals surface area (Å²) in [5.41, 5.74) is 1.87. The lowest BCUT2D eigenvalue weighted by atomic mass is 10.1. The van der Waals surface area contributed by atoms with Crippen LogP contribution in [0.15, 0.2) is 6.20 Å². The number of rotatable bonds is 5. The number of aromatic nitrogens is 3. The van der Waals surface area contributed by atoms with E-state index in [2.05, 4.69) is 10.1 Å². The van der Waals surface area contributed by atoms with Crippen LogP contribution in [0.25, 0.3) is 11.0 Å². The van der Waals surface area contributed by atoms with E-state index < -0.39 is 5.97 Å². The molecule has 0 radical (unpaired) electrons. The molecule has 108 valence electrons. The topological polar surface area (TPSA) is 66.2 Å². The largest absolute Gasteiger partial charge is 0.492 e. The molecule has 0 aromatic carbocycles. The summed E-state index contributed by atoms with van der Waals surface area (Å²) in [5.74, 6) is 0.0853. The van der Waals surface area contributed by atoms with Crippen LogP contribution in [0.3, 0.4) is 0 Å². The van der Waals surface area contributed by atoms with Crippen LogP contribution in [0, 0.1) is 6.92 Å². The monoisotopic (exact) mass is 277 g/mol. The number of hydrogen-bond donors (Lipinski definition) is 0. The smallest absolute Gasteiger partial charge is 0.343 e. The highest BCUT2D eigenvalue weighted by molar-refractivity contribution is 5.99. The number of aryl methyl sites for hydroxylation is 2. The SMILES string of the molecule is CCOC(=O)c1cnc2c(c(C)nn2CC)c1OCC. The molecule has 20 heavy (non-hydrogen) atoms. The Labute approximate surface area is 117 Å². The van der Waals surface area contributed by atoms with Crippen LogP contribution in [-0.4, -0.2) is 33.9 Å². The molecule has 0 fully saturated rings. The second kappa shape index (κ2) is 5.90. The maximum absolute atomic E-state index is 12.0. The molecule has 0 aliphatic heterocycles. The standard InChI is InChI=1S/C14H19N3O3/c1-5-17-13-11(9(4)16-17)12(19-6-2)10(8-15-13)14(18)20-7-3/h8H,5-7H2,1-4H3. The van der Waals surface area contributed by atoms with E-state index in [9.17, 15) is 4.79 Å². The zero-order valence-electron chi connectivity index (χ0n) is 12.3. The van der Waals surface area contributed by atoms with E-state index in [1.165, 1.54) is 6.20 Å². The zero-order valence-corrected chi connectivity index (χ0v) is 12.3. The predicted molar refractivity (Wildman–Crippen MR) is 75.1 cm³/mol. The van der Waals surface area contributed by atoms with Crippen LogP contribution in [0.5, 0.6) is 5.75 Å². The average Bonchev–Trinajstić information content (AvgIpc) is 2.76. The number of esters is 1. The van der Waals surface area contributed by atoms with Crippen LogP contribution in [0.2, 0.25) is 0 Å². The predicted octanol–water partition coefficient (Wildman–Crippen LogP) is 2.34. The summed E-state index contributed by atoms with van der Waals surface area (Å²) in [5, 5.41) is 5.20.